The van der Waals surface area contributed by atoms with Gasteiger partial charge in [-0.15, -0.1) is 0 Å². The number of carbonyl (C=O) groups excluding carboxylic acids is 2. The fourth-order valence-corrected chi connectivity index (χ4v) is 1.43. The Hall–Kier alpha value is 0.560. The van der Waals surface area contributed by atoms with Gasteiger partial charge in [0.15, 0.2) is 3.79 Å². The van der Waals surface area contributed by atoms with Gasteiger partial charge in [0.1, 0.15) is 4.61 Å². The number of alkyl halides is 1. The molecule has 70 valence electrons. The highest BCUT2D eigenvalue weighted by molar-refractivity contribution is 14.1. The number of hydrogen-bond donors (Lipinski definition) is 1. The van der Waals surface area contributed by atoms with Gasteiger partial charge >= 0.3 is 5.97 Å². The van der Waals surface area contributed by atoms with Crippen LogP contribution in [0, 0.1) is 0 Å². The molecule has 1 atom stereocenters. The van der Waals surface area contributed by atoms with Crippen LogP contribution >= 0.6 is 45.2 Å². The van der Waals surface area contributed by atoms with Gasteiger partial charge in [-0.1, -0.05) is 0 Å². The quantitative estimate of drug-likeness (QED) is 0.325. The smallest absolute Gasteiger partial charge is 0.309 e. The van der Waals surface area contributed by atoms with Gasteiger partial charge in [-0.2, -0.15) is 0 Å². The number of aliphatic hydroxyl groups is 1. The molecule has 0 rings (SSSR count). The first kappa shape index (κ1) is 12.6. The summed E-state index contributed by atoms with van der Waals surface area (Å²) in [6.07, 6.45) is -1.03. The van der Waals surface area contributed by atoms with Crippen LogP contribution in [0.3, 0.4) is 0 Å². The van der Waals surface area contributed by atoms with Gasteiger partial charge in [0.2, 0.25) is 0 Å². The topological polar surface area (TPSA) is 63.6 Å². The first-order valence-electron chi connectivity index (χ1n) is 3.14. The highest BCUT2D eigenvalue weighted by atomic mass is 127. The molecule has 0 saturated carbocycles. The van der Waals surface area contributed by atoms with Crippen molar-refractivity contribution in [2.75, 3.05) is 4.61 Å². The van der Waals surface area contributed by atoms with Crippen LogP contribution in [-0.4, -0.2) is 25.6 Å². The summed E-state index contributed by atoms with van der Waals surface area (Å²) in [6, 6.07) is 0. The predicted octanol–water partition coefficient (Wildman–Crippen LogP) is 1.02. The Balaban J connectivity index is 3.61. The molecule has 0 aromatic heterocycles. The summed E-state index contributed by atoms with van der Waals surface area (Å²) in [5.41, 5.74) is 0. The van der Waals surface area contributed by atoms with Crippen LogP contribution in [0.25, 0.3) is 0 Å². The lowest BCUT2D eigenvalue weighted by Gasteiger charge is -2.05. The highest BCUT2D eigenvalue weighted by Crippen LogP contribution is 2.04. The molecule has 12 heavy (non-hydrogen) atoms. The number of halogens is 2. The predicted molar refractivity (Wildman–Crippen MR) is 59.2 cm³/mol. The third-order valence-electron chi connectivity index (χ3n) is 1.01. The molecule has 0 aliphatic rings. The fraction of sp³-hybridized carbons (Fsp3) is 0.667. The van der Waals surface area contributed by atoms with E-state index in [9.17, 15) is 9.59 Å². The number of aliphatic hydroxyl groups excluding tert-OH is 1. The summed E-state index contributed by atoms with van der Waals surface area (Å²) >= 11 is 3.46. The monoisotopic (exact) mass is 398 g/mol. The number of ether oxygens (including phenoxy) is 1. The zero-order valence-electron chi connectivity index (χ0n) is 6.13. The molecule has 0 aliphatic carbocycles. The highest BCUT2D eigenvalue weighted by Gasteiger charge is 2.13. The van der Waals surface area contributed by atoms with E-state index in [4.69, 9.17) is 5.11 Å². The lowest BCUT2D eigenvalue weighted by Crippen LogP contribution is -2.17. The molecule has 0 spiro atoms. The molecular weight excluding hydrogens is 390 g/mol. The van der Waals surface area contributed by atoms with Gasteiger partial charge in [-0.3, -0.25) is 9.59 Å². The Bertz CT molecular complexity index is 171. The summed E-state index contributed by atoms with van der Waals surface area (Å²) < 4.78 is 4.67. The Morgan fingerprint density at radius 1 is 1.42 bits per heavy atom. The van der Waals surface area contributed by atoms with Crippen molar-refractivity contribution in [3.05, 3.63) is 0 Å². The van der Waals surface area contributed by atoms with Gasteiger partial charge in [0.25, 0.3) is 0 Å². The maximum atomic E-state index is 10.7. The molecule has 0 saturated heterocycles. The van der Waals surface area contributed by atoms with Crippen molar-refractivity contribution in [1.29, 1.82) is 0 Å². The molecule has 0 aromatic rings. The maximum absolute atomic E-state index is 10.7. The zero-order valence-corrected chi connectivity index (χ0v) is 10.4. The van der Waals surface area contributed by atoms with Crippen molar-refractivity contribution >= 4 is 54.9 Å². The molecule has 0 amide bonds. The minimum atomic E-state index is -0.912. The lowest BCUT2D eigenvalue weighted by atomic mass is 10.2. The Labute approximate surface area is 97.3 Å². The third-order valence-corrected chi connectivity index (χ3v) is 1.77. The summed E-state index contributed by atoms with van der Waals surface area (Å²) in [5, 5.41) is 9.09. The second kappa shape index (κ2) is 7.01. The summed E-state index contributed by atoms with van der Waals surface area (Å²) in [7, 11) is 0. The maximum Gasteiger partial charge on any atom is 0.309 e. The van der Waals surface area contributed by atoms with Crippen LogP contribution in [0.15, 0.2) is 0 Å². The molecule has 0 fully saturated rings. The molecule has 0 heterocycles. The molecule has 1 N–H and O–H groups in total. The van der Waals surface area contributed by atoms with E-state index in [-0.39, 0.29) is 21.2 Å². The van der Waals surface area contributed by atoms with Crippen LogP contribution in [0.5, 0.6) is 0 Å². The summed E-state index contributed by atoms with van der Waals surface area (Å²) in [6.45, 7) is 0. The molecule has 0 aliphatic heterocycles. The van der Waals surface area contributed by atoms with E-state index >= 15 is 0 Å². The van der Waals surface area contributed by atoms with Crippen molar-refractivity contribution in [2.24, 2.45) is 0 Å². The number of carbonyl (C=O) groups is 2. The minimum absolute atomic E-state index is 0.00307. The third kappa shape index (κ3) is 7.22. The molecular formula is C6H8I2O4. The van der Waals surface area contributed by atoms with Crippen LogP contribution in [0.4, 0.5) is 0 Å². The lowest BCUT2D eigenvalue weighted by molar-refractivity contribution is -0.143. The van der Waals surface area contributed by atoms with Crippen LogP contribution < -0.4 is 0 Å². The van der Waals surface area contributed by atoms with Gasteiger partial charge in [0, 0.05) is 6.42 Å². The van der Waals surface area contributed by atoms with Gasteiger partial charge in [-0.05, 0) is 45.2 Å². The van der Waals surface area contributed by atoms with Gasteiger partial charge in [-0.25, -0.2) is 0 Å². The Morgan fingerprint density at radius 3 is 2.42 bits per heavy atom. The first-order chi connectivity index (χ1) is 5.56. The fourth-order valence-electron chi connectivity index (χ4n) is 0.570. The molecule has 0 bridgehead atoms. The summed E-state index contributed by atoms with van der Waals surface area (Å²) in [4.78, 5) is 21.2. The van der Waals surface area contributed by atoms with E-state index < -0.39 is 12.1 Å². The number of rotatable bonds is 5. The number of hydrogen-bond acceptors (Lipinski definition) is 4. The van der Waals surface area contributed by atoms with Gasteiger partial charge in [0.05, 0.1) is 12.5 Å². The summed E-state index contributed by atoms with van der Waals surface area (Å²) in [5.74, 6) is -0.477. The second-order valence-corrected chi connectivity index (χ2v) is 3.87. The Kier molecular flexibility index (Phi) is 7.34. The first-order valence-corrected chi connectivity index (χ1v) is 5.74. The van der Waals surface area contributed by atoms with E-state index in [1.54, 1.807) is 22.6 Å². The average molecular weight is 398 g/mol. The largest absolute Gasteiger partial charge is 0.455 e. The zero-order chi connectivity index (χ0) is 9.56. The standard InChI is InChI=1S/C6H8I2O4/c7-3-12-6(11)2-4(9)1-5(8)10/h4,9H,1-3H2. The minimum Gasteiger partial charge on any atom is -0.455 e. The normalized spacial score (nSPS) is 12.2. The van der Waals surface area contributed by atoms with Crippen LogP contribution in [0.2, 0.25) is 0 Å². The van der Waals surface area contributed by atoms with Crippen molar-refractivity contribution < 1.29 is 19.4 Å². The molecule has 1 unspecified atom stereocenters. The van der Waals surface area contributed by atoms with E-state index in [0.717, 1.165) is 0 Å². The van der Waals surface area contributed by atoms with Crippen molar-refractivity contribution in [2.45, 2.75) is 18.9 Å². The molecule has 6 heteroatoms. The van der Waals surface area contributed by atoms with E-state index in [0.29, 0.717) is 0 Å². The number of esters is 1. The van der Waals surface area contributed by atoms with E-state index in [1.165, 1.54) is 0 Å². The van der Waals surface area contributed by atoms with Crippen molar-refractivity contribution in [3.63, 3.8) is 0 Å². The van der Waals surface area contributed by atoms with Gasteiger partial charge < -0.3 is 9.84 Å². The molecule has 0 radical (unpaired) electrons. The van der Waals surface area contributed by atoms with E-state index in [1.807, 2.05) is 22.6 Å². The molecule has 0 aromatic carbocycles. The van der Waals surface area contributed by atoms with E-state index in [2.05, 4.69) is 4.74 Å². The van der Waals surface area contributed by atoms with Crippen LogP contribution in [0.1, 0.15) is 12.8 Å². The van der Waals surface area contributed by atoms with Crippen molar-refractivity contribution in [1.82, 2.24) is 0 Å². The SMILES string of the molecule is O=C(I)CC(O)CC(=O)OCI. The second-order valence-electron chi connectivity index (χ2n) is 2.04. The van der Waals surface area contributed by atoms with Crippen molar-refractivity contribution in [3.8, 4) is 0 Å². The molecule has 4 nitrogen and oxygen atoms in total. The van der Waals surface area contributed by atoms with Crippen LogP contribution in [-0.2, 0) is 14.3 Å². The Morgan fingerprint density at radius 2 is 2.00 bits per heavy atom. The average Bonchev–Trinajstić information content (AvgIpc) is 1.84.